The van der Waals surface area contributed by atoms with Gasteiger partial charge >= 0.3 is 0 Å². The van der Waals surface area contributed by atoms with Gasteiger partial charge < -0.3 is 0 Å². The van der Waals surface area contributed by atoms with Crippen molar-refractivity contribution in [1.82, 2.24) is 24.9 Å². The molecule has 0 atom stereocenters. The van der Waals surface area contributed by atoms with Crippen molar-refractivity contribution in [2.75, 3.05) is 0 Å². The number of hydrogen-bond acceptors (Lipinski definition) is 5. The molecule has 5 nitrogen and oxygen atoms in total. The lowest BCUT2D eigenvalue weighted by Gasteiger charge is -2.10. The first-order valence-corrected chi connectivity index (χ1v) is 12.4. The zero-order valence-corrected chi connectivity index (χ0v) is 20.4. The number of nitrogens with zero attached hydrogens (tertiary/aromatic N) is 5. The highest BCUT2D eigenvalue weighted by atomic mass is 15.0. The van der Waals surface area contributed by atoms with Crippen LogP contribution in [-0.4, -0.2) is 24.9 Å². The first-order chi connectivity index (χ1) is 18.8. The van der Waals surface area contributed by atoms with Crippen LogP contribution in [0.5, 0.6) is 0 Å². The van der Waals surface area contributed by atoms with Gasteiger partial charge in [0.05, 0.1) is 0 Å². The van der Waals surface area contributed by atoms with Gasteiger partial charge in [0.2, 0.25) is 0 Å². The Bertz CT molecular complexity index is 1820. The number of hydrogen-bond donors (Lipinski definition) is 0. The predicted octanol–water partition coefficient (Wildman–Crippen LogP) is 7.64. The number of benzene rings is 4. The van der Waals surface area contributed by atoms with Crippen LogP contribution in [0.1, 0.15) is 0 Å². The predicted molar refractivity (Wildman–Crippen MR) is 152 cm³/mol. The minimum Gasteiger partial charge on any atom is -0.264 e. The second-order valence-corrected chi connectivity index (χ2v) is 9.10. The Morgan fingerprint density at radius 2 is 0.947 bits per heavy atom. The van der Waals surface area contributed by atoms with Crippen molar-refractivity contribution >= 4 is 21.5 Å². The van der Waals surface area contributed by atoms with E-state index in [4.69, 9.17) is 19.9 Å². The second kappa shape index (κ2) is 9.30. The van der Waals surface area contributed by atoms with Crippen LogP contribution in [-0.2, 0) is 0 Å². The minimum absolute atomic E-state index is 0.532. The molecule has 4 aromatic carbocycles. The third-order valence-electron chi connectivity index (χ3n) is 6.64. The average molecular weight is 488 g/mol. The van der Waals surface area contributed by atoms with Crippen molar-refractivity contribution < 1.29 is 0 Å². The number of fused-ring (bicyclic) bond motifs is 2. The molecule has 0 unspecified atom stereocenters. The Morgan fingerprint density at radius 3 is 1.50 bits per heavy atom. The smallest absolute Gasteiger partial charge is 0.182 e. The molecular formula is C33H21N5. The summed E-state index contributed by atoms with van der Waals surface area (Å²) in [4.78, 5) is 23.6. The molecule has 38 heavy (non-hydrogen) atoms. The van der Waals surface area contributed by atoms with Crippen molar-refractivity contribution in [3.63, 3.8) is 0 Å². The molecule has 0 aliphatic heterocycles. The summed E-state index contributed by atoms with van der Waals surface area (Å²) in [5.41, 5.74) is 4.54. The summed E-state index contributed by atoms with van der Waals surface area (Å²) in [7, 11) is 0. The van der Waals surface area contributed by atoms with E-state index in [0.717, 1.165) is 33.0 Å². The van der Waals surface area contributed by atoms with E-state index in [1.807, 2.05) is 60.9 Å². The fourth-order valence-corrected chi connectivity index (χ4v) is 4.64. The van der Waals surface area contributed by atoms with Gasteiger partial charge in [0.15, 0.2) is 17.5 Å². The molecular weight excluding hydrogens is 466 g/mol. The van der Waals surface area contributed by atoms with Gasteiger partial charge in [-0.25, -0.2) is 15.0 Å². The molecule has 0 radical (unpaired) electrons. The summed E-state index contributed by atoms with van der Waals surface area (Å²) in [6.07, 6.45) is 5.43. The highest BCUT2D eigenvalue weighted by molar-refractivity contribution is 5.88. The van der Waals surface area contributed by atoms with Gasteiger partial charge in [0, 0.05) is 40.8 Å². The van der Waals surface area contributed by atoms with Crippen LogP contribution >= 0.6 is 0 Å². The maximum Gasteiger partial charge on any atom is 0.182 e. The first-order valence-electron chi connectivity index (χ1n) is 12.4. The molecule has 0 N–H and O–H groups in total. The van der Waals surface area contributed by atoms with E-state index >= 15 is 0 Å². The van der Waals surface area contributed by atoms with Crippen LogP contribution in [0.3, 0.4) is 0 Å². The van der Waals surface area contributed by atoms with Crippen molar-refractivity contribution in [3.05, 3.63) is 128 Å². The van der Waals surface area contributed by atoms with Crippen molar-refractivity contribution in [2.45, 2.75) is 0 Å². The summed E-state index contributed by atoms with van der Waals surface area (Å²) in [5.74, 6) is 1.76. The third-order valence-corrected chi connectivity index (χ3v) is 6.64. The molecule has 0 saturated carbocycles. The summed E-state index contributed by atoms with van der Waals surface area (Å²) in [5, 5.41) is 4.62. The van der Waals surface area contributed by atoms with Gasteiger partial charge in [0.1, 0.15) is 5.69 Å². The normalized spacial score (nSPS) is 11.2. The SMILES string of the molecule is c1cncc(-c2ccc(-c3nc(-c4ccc5ccccc5c4)nc(-c4ccc5ccccc5c4)n3)nc2)c1. The lowest BCUT2D eigenvalue weighted by Crippen LogP contribution is -2.01. The first kappa shape index (κ1) is 21.9. The second-order valence-electron chi connectivity index (χ2n) is 9.10. The maximum absolute atomic E-state index is 4.92. The fraction of sp³-hybridized carbons (Fsp3) is 0. The van der Waals surface area contributed by atoms with E-state index in [0.29, 0.717) is 23.2 Å². The molecule has 0 spiro atoms. The average Bonchev–Trinajstić information content (AvgIpc) is 3.01. The van der Waals surface area contributed by atoms with E-state index in [-0.39, 0.29) is 0 Å². The van der Waals surface area contributed by atoms with Crippen LogP contribution < -0.4 is 0 Å². The van der Waals surface area contributed by atoms with E-state index in [2.05, 4.69) is 65.6 Å². The molecule has 0 aliphatic rings. The molecule has 3 heterocycles. The fourth-order valence-electron chi connectivity index (χ4n) is 4.64. The highest BCUT2D eigenvalue weighted by Gasteiger charge is 2.14. The standard InChI is InChI=1S/C33H21N5/c1-3-8-24-18-26(13-11-22(24)6-1)31-36-32(27-14-12-23-7-2-4-9-25(23)19-27)38-33(37-31)30-16-15-29(21-35-30)28-10-5-17-34-20-28/h1-21H. The molecule has 0 bridgehead atoms. The Hall–Kier alpha value is -5.29. The quantitative estimate of drug-likeness (QED) is 0.255. The third kappa shape index (κ3) is 4.16. The number of pyridine rings is 2. The van der Waals surface area contributed by atoms with Crippen LogP contribution in [0.2, 0.25) is 0 Å². The lowest BCUT2D eigenvalue weighted by atomic mass is 10.1. The Labute approximate surface area is 219 Å². The molecule has 0 amide bonds. The zero-order chi connectivity index (χ0) is 25.3. The molecule has 178 valence electrons. The van der Waals surface area contributed by atoms with Crippen molar-refractivity contribution in [3.8, 4) is 45.4 Å². The summed E-state index contributed by atoms with van der Waals surface area (Å²) < 4.78 is 0. The van der Waals surface area contributed by atoms with E-state index < -0.39 is 0 Å². The van der Waals surface area contributed by atoms with Gasteiger partial charge in [0.25, 0.3) is 0 Å². The highest BCUT2D eigenvalue weighted by Crippen LogP contribution is 2.28. The molecule has 5 heteroatoms. The van der Waals surface area contributed by atoms with E-state index in [9.17, 15) is 0 Å². The van der Waals surface area contributed by atoms with Crippen LogP contribution in [0, 0.1) is 0 Å². The monoisotopic (exact) mass is 487 g/mol. The molecule has 0 saturated heterocycles. The van der Waals surface area contributed by atoms with Crippen LogP contribution in [0.4, 0.5) is 0 Å². The molecule has 0 fully saturated rings. The Morgan fingerprint density at radius 1 is 0.395 bits per heavy atom. The summed E-state index contributed by atoms with van der Waals surface area (Å²) in [6, 6.07) is 37.1. The summed E-state index contributed by atoms with van der Waals surface area (Å²) >= 11 is 0. The molecule has 7 aromatic rings. The largest absolute Gasteiger partial charge is 0.264 e. The lowest BCUT2D eigenvalue weighted by molar-refractivity contribution is 1.06. The molecule has 7 rings (SSSR count). The Balaban J connectivity index is 1.38. The van der Waals surface area contributed by atoms with Crippen LogP contribution in [0.15, 0.2) is 128 Å². The molecule has 0 aliphatic carbocycles. The van der Waals surface area contributed by atoms with Gasteiger partial charge in [-0.15, -0.1) is 0 Å². The van der Waals surface area contributed by atoms with E-state index in [1.54, 1.807) is 6.20 Å². The van der Waals surface area contributed by atoms with E-state index in [1.165, 1.54) is 10.8 Å². The summed E-state index contributed by atoms with van der Waals surface area (Å²) in [6.45, 7) is 0. The van der Waals surface area contributed by atoms with Gasteiger partial charge in [-0.3, -0.25) is 9.97 Å². The Kier molecular flexibility index (Phi) is 5.37. The topological polar surface area (TPSA) is 64.5 Å². The van der Waals surface area contributed by atoms with Crippen molar-refractivity contribution in [1.29, 1.82) is 0 Å². The van der Waals surface area contributed by atoms with Crippen LogP contribution in [0.25, 0.3) is 67.0 Å². The van der Waals surface area contributed by atoms with Crippen molar-refractivity contribution in [2.24, 2.45) is 0 Å². The molecule has 3 aromatic heterocycles. The zero-order valence-electron chi connectivity index (χ0n) is 20.4. The number of aromatic nitrogens is 5. The van der Waals surface area contributed by atoms with Gasteiger partial charge in [-0.2, -0.15) is 0 Å². The maximum atomic E-state index is 4.92. The minimum atomic E-state index is 0.532. The van der Waals surface area contributed by atoms with Gasteiger partial charge in [-0.05, 0) is 45.8 Å². The number of rotatable bonds is 4. The van der Waals surface area contributed by atoms with Gasteiger partial charge in [-0.1, -0.05) is 84.9 Å².